The largest absolute Gasteiger partial charge is 0.497 e. The summed E-state index contributed by atoms with van der Waals surface area (Å²) < 4.78 is 9.93. The Morgan fingerprint density at radius 3 is 2.68 bits per heavy atom. The molecule has 0 saturated carbocycles. The number of anilines is 1. The van der Waals surface area contributed by atoms with Gasteiger partial charge in [-0.1, -0.05) is 18.2 Å². The molecule has 2 aromatic carbocycles. The zero-order chi connectivity index (χ0) is 18.1. The summed E-state index contributed by atoms with van der Waals surface area (Å²) in [5, 5.41) is 6.76. The van der Waals surface area contributed by atoms with E-state index in [-0.39, 0.29) is 5.97 Å². The summed E-state index contributed by atoms with van der Waals surface area (Å²) in [6.45, 7) is 0.750. The highest BCUT2D eigenvalue weighted by Gasteiger charge is 2.06. The Balaban J connectivity index is 1.76. The van der Waals surface area contributed by atoms with E-state index in [0.29, 0.717) is 10.7 Å². The van der Waals surface area contributed by atoms with E-state index in [1.807, 2.05) is 24.3 Å². The number of methoxy groups -OCH3 is 2. The molecule has 0 saturated heterocycles. The van der Waals surface area contributed by atoms with Gasteiger partial charge in [0.2, 0.25) is 0 Å². The molecule has 6 heteroatoms. The summed E-state index contributed by atoms with van der Waals surface area (Å²) in [7, 11) is 3.02. The van der Waals surface area contributed by atoms with Crippen LogP contribution in [-0.2, 0) is 11.2 Å². The van der Waals surface area contributed by atoms with Crippen molar-refractivity contribution in [2.24, 2.45) is 0 Å². The Bertz CT molecular complexity index is 734. The van der Waals surface area contributed by atoms with Crippen LogP contribution in [0.1, 0.15) is 22.3 Å². The van der Waals surface area contributed by atoms with Gasteiger partial charge in [0.05, 0.1) is 19.8 Å². The molecule has 0 spiro atoms. The van der Waals surface area contributed by atoms with Gasteiger partial charge in [0.25, 0.3) is 0 Å². The normalized spacial score (nSPS) is 10.0. The van der Waals surface area contributed by atoms with Crippen molar-refractivity contribution in [3.8, 4) is 5.75 Å². The Labute approximate surface area is 153 Å². The van der Waals surface area contributed by atoms with Crippen molar-refractivity contribution in [1.82, 2.24) is 5.32 Å². The molecular formula is C19H22N2O3S. The van der Waals surface area contributed by atoms with E-state index < -0.39 is 0 Å². The van der Waals surface area contributed by atoms with Gasteiger partial charge in [0, 0.05) is 12.2 Å². The molecule has 0 bridgehead atoms. The van der Waals surface area contributed by atoms with E-state index in [1.165, 1.54) is 12.7 Å². The minimum absolute atomic E-state index is 0.374. The number of nitrogens with one attached hydrogen (secondary N) is 2. The van der Waals surface area contributed by atoms with E-state index in [9.17, 15) is 4.79 Å². The molecule has 132 valence electrons. The molecule has 2 aromatic rings. The fraction of sp³-hybridized carbons (Fsp3) is 0.263. The first-order valence-electron chi connectivity index (χ1n) is 7.98. The third-order valence-corrected chi connectivity index (χ3v) is 3.85. The highest BCUT2D eigenvalue weighted by molar-refractivity contribution is 7.80. The number of rotatable bonds is 7. The lowest BCUT2D eigenvalue weighted by molar-refractivity contribution is 0.0601. The molecule has 2 rings (SSSR count). The molecule has 0 unspecified atom stereocenters. The van der Waals surface area contributed by atoms with Gasteiger partial charge in [-0.3, -0.25) is 0 Å². The Morgan fingerprint density at radius 2 is 1.92 bits per heavy atom. The number of hydrogen-bond donors (Lipinski definition) is 2. The zero-order valence-corrected chi connectivity index (χ0v) is 15.2. The quantitative estimate of drug-likeness (QED) is 0.449. The minimum atomic E-state index is -0.374. The number of aryl methyl sites for hydroxylation is 1. The number of hydrogen-bond acceptors (Lipinski definition) is 4. The van der Waals surface area contributed by atoms with Gasteiger partial charge in [-0.2, -0.15) is 0 Å². The first-order chi connectivity index (χ1) is 12.1. The summed E-state index contributed by atoms with van der Waals surface area (Å²) in [6, 6.07) is 15.1. The number of benzene rings is 2. The highest BCUT2D eigenvalue weighted by Crippen LogP contribution is 2.14. The van der Waals surface area contributed by atoms with Crippen LogP contribution >= 0.6 is 12.2 Å². The maximum Gasteiger partial charge on any atom is 0.337 e. The Morgan fingerprint density at radius 1 is 1.12 bits per heavy atom. The topological polar surface area (TPSA) is 59.6 Å². The Hall–Kier alpha value is -2.60. The summed E-state index contributed by atoms with van der Waals surface area (Å²) in [6.07, 6.45) is 1.88. The highest BCUT2D eigenvalue weighted by atomic mass is 32.1. The number of thiocarbonyl (C=S) groups is 1. The summed E-state index contributed by atoms with van der Waals surface area (Å²) >= 11 is 5.28. The van der Waals surface area contributed by atoms with Crippen LogP contribution in [0, 0.1) is 0 Å². The standard InChI is InChI=1S/C19H22N2O3S/c1-23-17-10-3-6-14(12-17)7-5-11-20-19(25)21-16-9-4-8-15(13-16)18(22)24-2/h3-4,6,8-10,12-13H,5,7,11H2,1-2H3,(H2,20,21,25). The lowest BCUT2D eigenvalue weighted by Crippen LogP contribution is -2.29. The van der Waals surface area contributed by atoms with Crippen LogP contribution in [0.2, 0.25) is 0 Å². The van der Waals surface area contributed by atoms with Crippen molar-refractivity contribution in [3.05, 3.63) is 59.7 Å². The molecule has 0 atom stereocenters. The number of carbonyl (C=O) groups excluding carboxylic acids is 1. The molecule has 0 aromatic heterocycles. The van der Waals surface area contributed by atoms with Crippen LogP contribution < -0.4 is 15.4 Å². The van der Waals surface area contributed by atoms with E-state index in [1.54, 1.807) is 25.3 Å². The van der Waals surface area contributed by atoms with Crippen LogP contribution in [0.25, 0.3) is 0 Å². The van der Waals surface area contributed by atoms with Gasteiger partial charge in [-0.25, -0.2) is 4.79 Å². The summed E-state index contributed by atoms with van der Waals surface area (Å²) in [4.78, 5) is 11.5. The second kappa shape index (κ2) is 9.64. The first kappa shape index (κ1) is 18.7. The fourth-order valence-electron chi connectivity index (χ4n) is 2.34. The number of carbonyl (C=O) groups is 1. The predicted molar refractivity (Wildman–Crippen MR) is 103 cm³/mol. The second-order valence-corrected chi connectivity index (χ2v) is 5.82. The molecule has 25 heavy (non-hydrogen) atoms. The fourth-order valence-corrected chi connectivity index (χ4v) is 2.56. The van der Waals surface area contributed by atoms with Gasteiger partial charge in [-0.05, 0) is 61.0 Å². The maximum absolute atomic E-state index is 11.5. The molecule has 0 heterocycles. The van der Waals surface area contributed by atoms with E-state index in [2.05, 4.69) is 16.7 Å². The molecule has 5 nitrogen and oxygen atoms in total. The van der Waals surface area contributed by atoms with Crippen molar-refractivity contribution < 1.29 is 14.3 Å². The minimum Gasteiger partial charge on any atom is -0.497 e. The van der Waals surface area contributed by atoms with Crippen LogP contribution in [0.4, 0.5) is 5.69 Å². The summed E-state index contributed by atoms with van der Waals surface area (Å²) in [5.74, 6) is 0.494. The number of esters is 1. The average Bonchev–Trinajstić information content (AvgIpc) is 2.65. The lowest BCUT2D eigenvalue weighted by Gasteiger charge is -2.11. The lowest BCUT2D eigenvalue weighted by atomic mass is 10.1. The van der Waals surface area contributed by atoms with E-state index in [4.69, 9.17) is 21.7 Å². The maximum atomic E-state index is 11.5. The number of ether oxygens (including phenoxy) is 2. The molecule has 0 aliphatic carbocycles. The van der Waals surface area contributed by atoms with Crippen molar-refractivity contribution in [2.75, 3.05) is 26.1 Å². The van der Waals surface area contributed by atoms with Crippen LogP contribution in [0.15, 0.2) is 48.5 Å². The van der Waals surface area contributed by atoms with Crippen LogP contribution in [-0.4, -0.2) is 31.8 Å². The monoisotopic (exact) mass is 358 g/mol. The molecule has 0 amide bonds. The molecule has 0 fully saturated rings. The molecule has 2 N–H and O–H groups in total. The molecular weight excluding hydrogens is 336 g/mol. The SMILES string of the molecule is COC(=O)c1cccc(NC(=S)NCCCc2cccc(OC)c2)c1. The van der Waals surface area contributed by atoms with Crippen LogP contribution in [0.5, 0.6) is 5.75 Å². The summed E-state index contributed by atoms with van der Waals surface area (Å²) in [5.41, 5.74) is 2.45. The molecule has 0 aliphatic rings. The second-order valence-electron chi connectivity index (χ2n) is 5.41. The predicted octanol–water partition coefficient (Wildman–Crippen LogP) is 3.40. The molecule has 0 aliphatic heterocycles. The van der Waals surface area contributed by atoms with E-state index in [0.717, 1.165) is 30.8 Å². The third kappa shape index (κ3) is 6.08. The smallest absolute Gasteiger partial charge is 0.337 e. The van der Waals surface area contributed by atoms with Crippen molar-refractivity contribution in [1.29, 1.82) is 0 Å². The third-order valence-electron chi connectivity index (χ3n) is 3.60. The van der Waals surface area contributed by atoms with E-state index >= 15 is 0 Å². The van der Waals surface area contributed by atoms with Crippen LogP contribution in [0.3, 0.4) is 0 Å². The van der Waals surface area contributed by atoms with Gasteiger partial charge in [0.15, 0.2) is 5.11 Å². The van der Waals surface area contributed by atoms with Crippen molar-refractivity contribution in [2.45, 2.75) is 12.8 Å². The van der Waals surface area contributed by atoms with Gasteiger partial charge < -0.3 is 20.1 Å². The van der Waals surface area contributed by atoms with Gasteiger partial charge in [-0.15, -0.1) is 0 Å². The van der Waals surface area contributed by atoms with Gasteiger partial charge in [0.1, 0.15) is 5.75 Å². The first-order valence-corrected chi connectivity index (χ1v) is 8.39. The zero-order valence-electron chi connectivity index (χ0n) is 14.4. The van der Waals surface area contributed by atoms with Gasteiger partial charge >= 0.3 is 5.97 Å². The average molecular weight is 358 g/mol. The Kier molecular flexibility index (Phi) is 7.22. The molecule has 0 radical (unpaired) electrons. The van der Waals surface area contributed by atoms with Crippen molar-refractivity contribution >= 4 is 29.0 Å². The van der Waals surface area contributed by atoms with Crippen molar-refractivity contribution in [3.63, 3.8) is 0 Å².